The van der Waals surface area contributed by atoms with Crippen molar-refractivity contribution in [3.05, 3.63) is 60.2 Å². The lowest BCUT2D eigenvalue weighted by molar-refractivity contribution is -0.119. The Morgan fingerprint density at radius 2 is 1.94 bits per heavy atom. The number of amides is 3. The number of carbonyl (C=O) groups excluding carboxylic acids is 3. The zero-order chi connectivity index (χ0) is 22.2. The monoisotopic (exact) mass is 425 g/mol. The van der Waals surface area contributed by atoms with Crippen molar-refractivity contribution in [3.8, 4) is 0 Å². The third-order valence-corrected chi connectivity index (χ3v) is 5.17. The second-order valence-electron chi connectivity index (χ2n) is 7.37. The van der Waals surface area contributed by atoms with Gasteiger partial charge in [-0.05, 0) is 29.7 Å². The van der Waals surface area contributed by atoms with E-state index in [-0.39, 0.29) is 18.4 Å². The summed E-state index contributed by atoms with van der Waals surface area (Å²) in [6.07, 6.45) is -0.377. The van der Waals surface area contributed by atoms with Gasteiger partial charge in [-0.25, -0.2) is 9.59 Å². The molecule has 0 aliphatic carbocycles. The smallest absolute Gasteiger partial charge is 0.414 e. The summed E-state index contributed by atoms with van der Waals surface area (Å²) in [6, 6.07) is 15.5. The summed E-state index contributed by atoms with van der Waals surface area (Å²) < 4.78 is 10.2. The molecule has 2 aromatic carbocycles. The molecule has 1 aliphatic heterocycles. The Morgan fingerprint density at radius 1 is 1.16 bits per heavy atom. The van der Waals surface area contributed by atoms with E-state index in [1.165, 1.54) is 4.90 Å². The zero-order valence-electron chi connectivity index (χ0n) is 17.7. The van der Waals surface area contributed by atoms with E-state index in [1.807, 2.05) is 44.2 Å². The van der Waals surface area contributed by atoms with E-state index in [0.29, 0.717) is 30.9 Å². The van der Waals surface area contributed by atoms with Gasteiger partial charge in [0, 0.05) is 11.4 Å². The first-order valence-electron chi connectivity index (χ1n) is 10.3. The van der Waals surface area contributed by atoms with Gasteiger partial charge in [-0.15, -0.1) is 0 Å². The molecule has 0 bridgehead atoms. The Morgan fingerprint density at radius 3 is 2.61 bits per heavy atom. The van der Waals surface area contributed by atoms with Crippen LogP contribution in [0.15, 0.2) is 54.6 Å². The number of alkyl carbamates (subject to hydrolysis) is 1. The van der Waals surface area contributed by atoms with Crippen LogP contribution in [0.2, 0.25) is 0 Å². The lowest BCUT2D eigenvalue weighted by Crippen LogP contribution is -2.47. The van der Waals surface area contributed by atoms with Gasteiger partial charge in [-0.2, -0.15) is 0 Å². The fraction of sp³-hybridized carbons (Fsp3) is 0.348. The molecule has 0 radical (unpaired) electrons. The molecule has 1 fully saturated rings. The van der Waals surface area contributed by atoms with Crippen molar-refractivity contribution in [1.82, 2.24) is 5.32 Å². The van der Waals surface area contributed by atoms with Crippen LogP contribution < -0.4 is 15.5 Å². The van der Waals surface area contributed by atoms with Crippen molar-refractivity contribution in [1.29, 1.82) is 0 Å². The van der Waals surface area contributed by atoms with E-state index in [0.717, 1.165) is 5.56 Å². The average molecular weight is 425 g/mol. The number of benzene rings is 2. The highest BCUT2D eigenvalue weighted by molar-refractivity contribution is 5.98. The first kappa shape index (κ1) is 22.1. The maximum Gasteiger partial charge on any atom is 0.414 e. The molecule has 8 nitrogen and oxygen atoms in total. The third-order valence-electron chi connectivity index (χ3n) is 5.17. The van der Waals surface area contributed by atoms with Gasteiger partial charge in [0.05, 0.1) is 6.54 Å². The molecule has 164 valence electrons. The molecule has 1 saturated heterocycles. The molecule has 0 unspecified atom stereocenters. The minimum atomic E-state index is -0.770. The maximum absolute atomic E-state index is 12.9. The molecule has 2 N–H and O–H groups in total. The van der Waals surface area contributed by atoms with E-state index in [4.69, 9.17) is 9.47 Å². The fourth-order valence-corrected chi connectivity index (χ4v) is 3.19. The molecular formula is C23H27N3O5. The van der Waals surface area contributed by atoms with E-state index in [1.54, 1.807) is 24.3 Å². The quantitative estimate of drug-likeness (QED) is 0.668. The Balaban J connectivity index is 1.63. The predicted molar refractivity (Wildman–Crippen MR) is 117 cm³/mol. The van der Waals surface area contributed by atoms with Crippen LogP contribution in [0, 0.1) is 5.92 Å². The highest BCUT2D eigenvalue weighted by Crippen LogP contribution is 2.23. The van der Waals surface area contributed by atoms with Crippen molar-refractivity contribution in [2.75, 3.05) is 23.4 Å². The summed E-state index contributed by atoms with van der Waals surface area (Å²) in [5, 5.41) is 5.50. The van der Waals surface area contributed by atoms with Gasteiger partial charge in [0.15, 0.2) is 0 Å². The van der Waals surface area contributed by atoms with Crippen LogP contribution in [0.4, 0.5) is 21.0 Å². The number of nitrogens with zero attached hydrogens (tertiary/aromatic N) is 1. The zero-order valence-corrected chi connectivity index (χ0v) is 17.7. The molecular weight excluding hydrogens is 398 g/mol. The van der Waals surface area contributed by atoms with Crippen LogP contribution in [0.25, 0.3) is 0 Å². The Labute approximate surface area is 181 Å². The lowest BCUT2D eigenvalue weighted by atomic mass is 9.98. The number of carbonyl (C=O) groups is 3. The Kier molecular flexibility index (Phi) is 7.48. The maximum atomic E-state index is 12.9. The summed E-state index contributed by atoms with van der Waals surface area (Å²) >= 11 is 0. The number of cyclic esters (lactones) is 1. The van der Waals surface area contributed by atoms with Gasteiger partial charge in [0.2, 0.25) is 5.91 Å². The summed E-state index contributed by atoms with van der Waals surface area (Å²) in [5.74, 6) is -0.465. The second-order valence-corrected chi connectivity index (χ2v) is 7.37. The first-order valence-corrected chi connectivity index (χ1v) is 10.3. The lowest BCUT2D eigenvalue weighted by Gasteiger charge is -2.23. The van der Waals surface area contributed by atoms with Gasteiger partial charge in [0.1, 0.15) is 19.3 Å². The predicted octanol–water partition coefficient (Wildman–Crippen LogP) is 3.92. The SMILES string of the molecule is CC[C@H](C)[C@H](NC(=O)OCc1ccccc1)C(=O)Nc1cccc(N2CCOC2=O)c1. The standard InChI is InChI=1S/C23H27N3O5/c1-3-16(2)20(25-22(28)31-15-17-8-5-4-6-9-17)21(27)24-18-10-7-11-19(14-18)26-12-13-30-23(26)29/h4-11,14,16,20H,3,12-13,15H2,1-2H3,(H,24,27)(H,25,28)/t16-,20-/m0/s1. The van der Waals surface area contributed by atoms with Crippen molar-refractivity contribution < 1.29 is 23.9 Å². The molecule has 8 heteroatoms. The molecule has 1 aliphatic rings. The topological polar surface area (TPSA) is 97.0 Å². The highest BCUT2D eigenvalue weighted by atomic mass is 16.6. The molecule has 1 heterocycles. The number of nitrogens with one attached hydrogen (secondary N) is 2. The van der Waals surface area contributed by atoms with E-state index in [2.05, 4.69) is 10.6 Å². The fourth-order valence-electron chi connectivity index (χ4n) is 3.19. The van der Waals surface area contributed by atoms with Crippen LogP contribution in [-0.4, -0.2) is 37.3 Å². The number of hydrogen-bond donors (Lipinski definition) is 2. The summed E-state index contributed by atoms with van der Waals surface area (Å²) in [4.78, 5) is 38.5. The largest absolute Gasteiger partial charge is 0.447 e. The number of ether oxygens (including phenoxy) is 2. The molecule has 3 amide bonds. The van der Waals surface area contributed by atoms with E-state index in [9.17, 15) is 14.4 Å². The highest BCUT2D eigenvalue weighted by Gasteiger charge is 2.27. The van der Waals surface area contributed by atoms with Crippen LogP contribution in [0.3, 0.4) is 0 Å². The van der Waals surface area contributed by atoms with Crippen molar-refractivity contribution in [3.63, 3.8) is 0 Å². The van der Waals surface area contributed by atoms with Gasteiger partial charge in [-0.3, -0.25) is 9.69 Å². The second kappa shape index (κ2) is 10.5. The van der Waals surface area contributed by atoms with Crippen LogP contribution in [-0.2, 0) is 20.9 Å². The summed E-state index contributed by atoms with van der Waals surface area (Å²) in [7, 11) is 0. The van der Waals surface area contributed by atoms with Gasteiger partial charge in [0.25, 0.3) is 0 Å². The molecule has 31 heavy (non-hydrogen) atoms. The average Bonchev–Trinajstić information content (AvgIpc) is 3.22. The van der Waals surface area contributed by atoms with Gasteiger partial charge in [-0.1, -0.05) is 56.7 Å². The van der Waals surface area contributed by atoms with Crippen LogP contribution >= 0.6 is 0 Å². The van der Waals surface area contributed by atoms with E-state index < -0.39 is 18.2 Å². The number of hydrogen-bond acceptors (Lipinski definition) is 5. The molecule has 0 spiro atoms. The number of anilines is 2. The molecule has 2 aromatic rings. The van der Waals surface area contributed by atoms with Gasteiger partial charge >= 0.3 is 12.2 Å². The molecule has 0 saturated carbocycles. The van der Waals surface area contributed by atoms with Crippen LogP contribution in [0.1, 0.15) is 25.8 Å². The normalized spacial score (nSPS) is 15.0. The Hall–Kier alpha value is -3.55. The molecule has 3 rings (SSSR count). The minimum Gasteiger partial charge on any atom is -0.447 e. The van der Waals surface area contributed by atoms with E-state index >= 15 is 0 Å². The van der Waals surface area contributed by atoms with Crippen molar-refractivity contribution in [2.45, 2.75) is 32.9 Å². The first-order chi connectivity index (χ1) is 15.0. The van der Waals surface area contributed by atoms with Crippen molar-refractivity contribution in [2.24, 2.45) is 5.92 Å². The van der Waals surface area contributed by atoms with Crippen molar-refractivity contribution >= 4 is 29.5 Å². The molecule has 0 aromatic heterocycles. The minimum absolute atomic E-state index is 0.110. The third kappa shape index (κ3) is 5.97. The summed E-state index contributed by atoms with van der Waals surface area (Å²) in [6.45, 7) is 4.75. The Bertz CT molecular complexity index is 918. The summed E-state index contributed by atoms with van der Waals surface area (Å²) in [5.41, 5.74) is 2.02. The number of rotatable bonds is 8. The molecule has 2 atom stereocenters. The van der Waals surface area contributed by atoms with Crippen LogP contribution in [0.5, 0.6) is 0 Å². The van der Waals surface area contributed by atoms with Gasteiger partial charge < -0.3 is 20.1 Å².